The highest BCUT2D eigenvalue weighted by molar-refractivity contribution is 5.78. The molecule has 0 spiro atoms. The molecule has 0 radical (unpaired) electrons. The first kappa shape index (κ1) is 14.0. The molecule has 3 heteroatoms. The van der Waals surface area contributed by atoms with E-state index in [1.807, 2.05) is 32.2 Å². The fourth-order valence-electron chi connectivity index (χ4n) is 2.17. The molecule has 0 fully saturated rings. The Morgan fingerprint density at radius 3 is 2.74 bits per heavy atom. The number of rotatable bonds is 6. The van der Waals surface area contributed by atoms with E-state index in [4.69, 9.17) is 0 Å². The van der Waals surface area contributed by atoms with Crippen LogP contribution in [0, 0.1) is 0 Å². The molecular formula is C16H22N2O. The van der Waals surface area contributed by atoms with Gasteiger partial charge in [0.2, 0.25) is 0 Å². The van der Waals surface area contributed by atoms with E-state index in [1.54, 1.807) is 0 Å². The van der Waals surface area contributed by atoms with E-state index in [9.17, 15) is 5.11 Å². The van der Waals surface area contributed by atoms with Crippen LogP contribution in [-0.2, 0) is 6.54 Å². The second-order valence-corrected chi connectivity index (χ2v) is 5.07. The number of aromatic nitrogens is 1. The number of fused-ring (bicyclic) bond motifs is 1. The quantitative estimate of drug-likeness (QED) is 0.837. The largest absolute Gasteiger partial charge is 0.389 e. The van der Waals surface area contributed by atoms with Gasteiger partial charge < -0.3 is 10.4 Å². The van der Waals surface area contributed by atoms with Crippen LogP contribution >= 0.6 is 0 Å². The molecule has 0 saturated heterocycles. The summed E-state index contributed by atoms with van der Waals surface area (Å²) in [6, 6.07) is 10.3. The summed E-state index contributed by atoms with van der Waals surface area (Å²) < 4.78 is 0. The Hall–Kier alpha value is -1.45. The van der Waals surface area contributed by atoms with Crippen LogP contribution in [0.5, 0.6) is 0 Å². The molecule has 0 aliphatic heterocycles. The SMILES string of the molecule is CCC(O)(CC)CNCc1ccc2ncccc2c1. The van der Waals surface area contributed by atoms with Gasteiger partial charge in [0.25, 0.3) is 0 Å². The van der Waals surface area contributed by atoms with Crippen LogP contribution in [0.3, 0.4) is 0 Å². The van der Waals surface area contributed by atoms with E-state index < -0.39 is 5.60 Å². The summed E-state index contributed by atoms with van der Waals surface area (Å²) in [7, 11) is 0. The fourth-order valence-corrected chi connectivity index (χ4v) is 2.17. The van der Waals surface area contributed by atoms with Gasteiger partial charge in [0.1, 0.15) is 0 Å². The summed E-state index contributed by atoms with van der Waals surface area (Å²) in [5, 5.41) is 14.7. The van der Waals surface area contributed by atoms with Crippen LogP contribution in [-0.4, -0.2) is 22.2 Å². The number of nitrogens with one attached hydrogen (secondary N) is 1. The number of benzene rings is 1. The topological polar surface area (TPSA) is 45.1 Å². The van der Waals surface area contributed by atoms with Crippen molar-refractivity contribution in [3.05, 3.63) is 42.1 Å². The average molecular weight is 258 g/mol. The summed E-state index contributed by atoms with van der Waals surface area (Å²) >= 11 is 0. The average Bonchev–Trinajstić information content (AvgIpc) is 2.47. The molecule has 102 valence electrons. The van der Waals surface area contributed by atoms with Gasteiger partial charge in [0.15, 0.2) is 0 Å². The van der Waals surface area contributed by atoms with Gasteiger partial charge in [-0.15, -0.1) is 0 Å². The smallest absolute Gasteiger partial charge is 0.0766 e. The molecule has 0 aliphatic carbocycles. The van der Waals surface area contributed by atoms with E-state index in [2.05, 4.69) is 28.5 Å². The van der Waals surface area contributed by atoms with Gasteiger partial charge in [0, 0.05) is 24.7 Å². The molecule has 2 rings (SSSR count). The van der Waals surface area contributed by atoms with Gasteiger partial charge in [-0.05, 0) is 36.6 Å². The third-order valence-corrected chi connectivity index (χ3v) is 3.77. The number of hydrogen-bond acceptors (Lipinski definition) is 3. The zero-order valence-corrected chi connectivity index (χ0v) is 11.7. The monoisotopic (exact) mass is 258 g/mol. The van der Waals surface area contributed by atoms with Crippen molar-refractivity contribution < 1.29 is 5.11 Å². The lowest BCUT2D eigenvalue weighted by atomic mass is 9.97. The highest BCUT2D eigenvalue weighted by Crippen LogP contribution is 2.15. The van der Waals surface area contributed by atoms with Crippen molar-refractivity contribution in [2.45, 2.75) is 38.8 Å². The second kappa shape index (κ2) is 6.13. The summed E-state index contributed by atoms with van der Waals surface area (Å²) in [6.45, 7) is 5.44. The minimum absolute atomic E-state index is 0.585. The van der Waals surface area contributed by atoms with Crippen LogP contribution in [0.15, 0.2) is 36.5 Å². The van der Waals surface area contributed by atoms with E-state index in [-0.39, 0.29) is 0 Å². The van der Waals surface area contributed by atoms with Crippen molar-refractivity contribution in [1.82, 2.24) is 10.3 Å². The Morgan fingerprint density at radius 2 is 2.00 bits per heavy atom. The standard InChI is InChI=1S/C16H22N2O/c1-3-16(19,4-2)12-17-11-13-7-8-15-14(10-13)6-5-9-18-15/h5-10,17,19H,3-4,11-12H2,1-2H3. The minimum atomic E-state index is -0.585. The lowest BCUT2D eigenvalue weighted by Crippen LogP contribution is -2.39. The van der Waals surface area contributed by atoms with Crippen LogP contribution in [0.2, 0.25) is 0 Å². The van der Waals surface area contributed by atoms with Crippen LogP contribution in [0.1, 0.15) is 32.3 Å². The molecule has 0 bridgehead atoms. The molecule has 19 heavy (non-hydrogen) atoms. The van der Waals surface area contributed by atoms with Crippen LogP contribution < -0.4 is 5.32 Å². The van der Waals surface area contributed by atoms with E-state index in [0.29, 0.717) is 6.54 Å². The Bertz CT molecular complexity index is 535. The van der Waals surface area contributed by atoms with E-state index in [0.717, 1.165) is 30.3 Å². The number of pyridine rings is 1. The van der Waals surface area contributed by atoms with Crippen LogP contribution in [0.4, 0.5) is 0 Å². The van der Waals surface area contributed by atoms with E-state index >= 15 is 0 Å². The lowest BCUT2D eigenvalue weighted by molar-refractivity contribution is 0.0323. The maximum absolute atomic E-state index is 10.2. The molecule has 1 aromatic heterocycles. The van der Waals surface area contributed by atoms with Crippen molar-refractivity contribution in [2.24, 2.45) is 0 Å². The summed E-state index contributed by atoms with van der Waals surface area (Å²) in [4.78, 5) is 4.31. The molecular weight excluding hydrogens is 236 g/mol. The third-order valence-electron chi connectivity index (χ3n) is 3.77. The molecule has 3 nitrogen and oxygen atoms in total. The van der Waals surface area contributed by atoms with Crippen molar-refractivity contribution in [2.75, 3.05) is 6.54 Å². The molecule has 0 amide bonds. The molecule has 1 aromatic carbocycles. The molecule has 0 aliphatic rings. The molecule has 2 aromatic rings. The summed E-state index contributed by atoms with van der Waals surface area (Å²) in [5.74, 6) is 0. The van der Waals surface area contributed by atoms with E-state index in [1.165, 1.54) is 5.56 Å². The first-order valence-electron chi connectivity index (χ1n) is 6.93. The van der Waals surface area contributed by atoms with Crippen molar-refractivity contribution in [3.8, 4) is 0 Å². The Kier molecular flexibility index (Phi) is 4.51. The zero-order valence-electron chi connectivity index (χ0n) is 11.7. The Morgan fingerprint density at radius 1 is 1.21 bits per heavy atom. The van der Waals surface area contributed by atoms with Crippen molar-refractivity contribution >= 4 is 10.9 Å². The lowest BCUT2D eigenvalue weighted by Gasteiger charge is -2.25. The molecule has 0 unspecified atom stereocenters. The summed E-state index contributed by atoms with van der Waals surface area (Å²) in [6.07, 6.45) is 3.36. The summed E-state index contributed by atoms with van der Waals surface area (Å²) in [5.41, 5.74) is 1.65. The maximum Gasteiger partial charge on any atom is 0.0766 e. The van der Waals surface area contributed by atoms with Gasteiger partial charge in [-0.3, -0.25) is 4.98 Å². The third kappa shape index (κ3) is 3.52. The highest BCUT2D eigenvalue weighted by Gasteiger charge is 2.20. The predicted octanol–water partition coefficient (Wildman–Crippen LogP) is 2.88. The van der Waals surface area contributed by atoms with Gasteiger partial charge >= 0.3 is 0 Å². The Labute approximate surface area is 114 Å². The molecule has 0 atom stereocenters. The minimum Gasteiger partial charge on any atom is -0.389 e. The number of aliphatic hydroxyl groups is 1. The Balaban J connectivity index is 1.98. The zero-order chi connectivity index (χ0) is 13.7. The molecule has 2 N–H and O–H groups in total. The second-order valence-electron chi connectivity index (χ2n) is 5.07. The number of hydrogen-bond donors (Lipinski definition) is 2. The highest BCUT2D eigenvalue weighted by atomic mass is 16.3. The van der Waals surface area contributed by atoms with Gasteiger partial charge in [-0.2, -0.15) is 0 Å². The molecule has 0 saturated carbocycles. The van der Waals surface area contributed by atoms with Gasteiger partial charge in [0.05, 0.1) is 11.1 Å². The first-order chi connectivity index (χ1) is 9.17. The van der Waals surface area contributed by atoms with Gasteiger partial charge in [-0.1, -0.05) is 26.0 Å². The van der Waals surface area contributed by atoms with Gasteiger partial charge in [-0.25, -0.2) is 0 Å². The maximum atomic E-state index is 10.2. The fraction of sp³-hybridized carbons (Fsp3) is 0.438. The first-order valence-corrected chi connectivity index (χ1v) is 6.93. The van der Waals surface area contributed by atoms with Crippen molar-refractivity contribution in [1.29, 1.82) is 0 Å². The predicted molar refractivity (Wildman–Crippen MR) is 79.0 cm³/mol. The number of nitrogens with zero attached hydrogens (tertiary/aromatic N) is 1. The molecule has 1 heterocycles. The van der Waals surface area contributed by atoms with Crippen molar-refractivity contribution in [3.63, 3.8) is 0 Å². The van der Waals surface area contributed by atoms with Crippen LogP contribution in [0.25, 0.3) is 10.9 Å². The normalized spacial score (nSPS) is 11.9.